The van der Waals surface area contributed by atoms with Crippen LogP contribution in [0.25, 0.3) is 11.2 Å². The summed E-state index contributed by atoms with van der Waals surface area (Å²) in [7, 11) is 1.52. The normalized spacial score (nSPS) is 20.3. The van der Waals surface area contributed by atoms with Crippen LogP contribution in [0.4, 0.5) is 5.82 Å². The van der Waals surface area contributed by atoms with Crippen LogP contribution in [0.5, 0.6) is 0 Å². The molecular weight excluding hydrogens is 551 g/mol. The van der Waals surface area contributed by atoms with Gasteiger partial charge in [0.05, 0.1) is 6.33 Å². The first-order chi connectivity index (χ1) is 15.4. The average molecular weight is 571 g/mol. The number of ether oxygens (including phenoxy) is 2. The maximum atomic E-state index is 12.1. The van der Waals surface area contributed by atoms with Crippen LogP contribution in [0.1, 0.15) is 25.1 Å². The third-order valence-corrected chi connectivity index (χ3v) is 5.78. The van der Waals surface area contributed by atoms with E-state index in [1.807, 2.05) is 18.2 Å². The zero-order valence-corrected chi connectivity index (χ0v) is 20.1. The molecule has 3 unspecified atom stereocenters. The molecule has 1 aliphatic rings. The van der Waals surface area contributed by atoms with E-state index in [1.54, 1.807) is 4.57 Å². The fourth-order valence-corrected chi connectivity index (χ4v) is 4.34. The summed E-state index contributed by atoms with van der Waals surface area (Å²) in [5.74, 6) is -0.317. The second-order valence-electron chi connectivity index (χ2n) is 7.16. The summed E-state index contributed by atoms with van der Waals surface area (Å²) in [6, 6.07) is 8.05. The summed E-state index contributed by atoms with van der Waals surface area (Å²) in [5, 5.41) is 5.82. The maximum absolute atomic E-state index is 12.1. The highest BCUT2D eigenvalue weighted by Gasteiger charge is 2.42. The lowest BCUT2D eigenvalue weighted by atomic mass is 10.2. The molecule has 1 saturated heterocycles. The molecule has 4 rings (SSSR count). The quantitative estimate of drug-likeness (QED) is 0.264. The van der Waals surface area contributed by atoms with Gasteiger partial charge in [0.1, 0.15) is 12.2 Å². The highest BCUT2D eigenvalue weighted by molar-refractivity contribution is 14.1. The van der Waals surface area contributed by atoms with Gasteiger partial charge >= 0.3 is 5.97 Å². The lowest BCUT2D eigenvalue weighted by Gasteiger charge is -2.20. The van der Waals surface area contributed by atoms with Gasteiger partial charge in [0, 0.05) is 30.5 Å². The zero-order chi connectivity index (χ0) is 22.8. The van der Waals surface area contributed by atoms with E-state index in [0.29, 0.717) is 23.5 Å². The van der Waals surface area contributed by atoms with Gasteiger partial charge < -0.3 is 20.1 Å². The molecule has 0 aliphatic carbocycles. The minimum absolute atomic E-state index is 0.0225. The molecule has 0 radical (unpaired) electrons. The lowest BCUT2D eigenvalue weighted by molar-refractivity contribution is -0.152. The van der Waals surface area contributed by atoms with E-state index < -0.39 is 24.4 Å². The van der Waals surface area contributed by atoms with Crippen LogP contribution < -0.4 is 10.6 Å². The molecule has 168 valence electrons. The Morgan fingerprint density at radius 3 is 2.91 bits per heavy atom. The minimum atomic E-state index is -0.791. The number of benzene rings is 1. The zero-order valence-electron chi connectivity index (χ0n) is 17.2. The molecule has 3 aromatic rings. The summed E-state index contributed by atoms with van der Waals surface area (Å²) in [6.07, 6.45) is -0.536. The predicted molar refractivity (Wildman–Crippen MR) is 125 cm³/mol. The number of halogens is 2. The van der Waals surface area contributed by atoms with Gasteiger partial charge in [0.25, 0.3) is 0 Å². The summed E-state index contributed by atoms with van der Waals surface area (Å²) in [5.41, 5.74) is 1.95. The third kappa shape index (κ3) is 4.79. The van der Waals surface area contributed by atoms with Crippen LogP contribution >= 0.6 is 34.2 Å². The first kappa shape index (κ1) is 22.7. The Kier molecular flexibility index (Phi) is 6.76. The average Bonchev–Trinajstić information content (AvgIpc) is 3.35. The molecule has 1 aliphatic heterocycles. The van der Waals surface area contributed by atoms with E-state index >= 15 is 0 Å². The number of fused-ring (bicyclic) bond motifs is 1. The Balaban J connectivity index is 1.66. The standard InChI is InChI=1S/C20H20ClIN6O4/c1-10(29)31-14-7-13(18(30)23-2)32-19(14)28-9-25-15-16(26-20(21)27-17(15)28)24-8-11-4-3-5-12(22)6-11/h3-6,9,13-14,19H,7-8H2,1-2H3,(H,23,30)(H,24,26,27). The Morgan fingerprint density at radius 1 is 1.38 bits per heavy atom. The molecule has 2 aromatic heterocycles. The minimum Gasteiger partial charge on any atom is -0.458 e. The number of carbonyl (C=O) groups is 2. The Hall–Kier alpha value is -2.51. The van der Waals surface area contributed by atoms with Crippen LogP contribution in [0, 0.1) is 3.57 Å². The molecule has 0 bridgehead atoms. The molecule has 1 amide bonds. The highest BCUT2D eigenvalue weighted by Crippen LogP contribution is 2.34. The number of nitrogens with zero attached hydrogens (tertiary/aromatic N) is 4. The number of likely N-dealkylation sites (N-methyl/N-ethyl adjacent to an activating group) is 1. The SMILES string of the molecule is CNC(=O)C1CC(OC(C)=O)C(n2cnc3c(NCc4cccc(I)c4)nc(Cl)nc32)O1. The molecule has 0 saturated carbocycles. The number of nitrogens with one attached hydrogen (secondary N) is 2. The number of rotatable bonds is 6. The van der Waals surface area contributed by atoms with Crippen molar-refractivity contribution in [1.82, 2.24) is 24.8 Å². The largest absolute Gasteiger partial charge is 0.458 e. The Morgan fingerprint density at radius 2 is 2.19 bits per heavy atom. The van der Waals surface area contributed by atoms with Crippen LogP contribution in [0.15, 0.2) is 30.6 Å². The van der Waals surface area contributed by atoms with Gasteiger partial charge in [0.15, 0.2) is 23.2 Å². The van der Waals surface area contributed by atoms with Crippen molar-refractivity contribution in [3.63, 3.8) is 0 Å². The first-order valence-electron chi connectivity index (χ1n) is 9.78. The molecule has 3 atom stereocenters. The molecule has 1 fully saturated rings. The van der Waals surface area contributed by atoms with Gasteiger partial charge in [-0.25, -0.2) is 4.98 Å². The van der Waals surface area contributed by atoms with Crippen molar-refractivity contribution in [3.05, 3.63) is 45.0 Å². The summed E-state index contributed by atoms with van der Waals surface area (Å²) in [4.78, 5) is 36.7. The van der Waals surface area contributed by atoms with Gasteiger partial charge in [-0.15, -0.1) is 0 Å². The molecule has 2 N–H and O–H groups in total. The molecule has 10 nitrogen and oxygen atoms in total. The van der Waals surface area contributed by atoms with E-state index in [0.717, 1.165) is 9.13 Å². The van der Waals surface area contributed by atoms with E-state index in [1.165, 1.54) is 20.3 Å². The molecule has 12 heteroatoms. The van der Waals surface area contributed by atoms with Crippen molar-refractivity contribution >= 4 is 63.1 Å². The van der Waals surface area contributed by atoms with Crippen molar-refractivity contribution < 1.29 is 19.1 Å². The molecule has 0 spiro atoms. The second kappa shape index (κ2) is 9.55. The molecular formula is C20H20ClIN6O4. The number of amides is 1. The number of anilines is 1. The van der Waals surface area contributed by atoms with Gasteiger partial charge in [-0.3, -0.25) is 14.2 Å². The summed E-state index contributed by atoms with van der Waals surface area (Å²) < 4.78 is 14.1. The Bertz CT molecular complexity index is 1170. The summed E-state index contributed by atoms with van der Waals surface area (Å²) in [6.45, 7) is 1.82. The van der Waals surface area contributed by atoms with E-state index in [2.05, 4.69) is 54.2 Å². The van der Waals surface area contributed by atoms with E-state index in [9.17, 15) is 9.59 Å². The van der Waals surface area contributed by atoms with Gasteiger partial charge in [-0.1, -0.05) is 12.1 Å². The van der Waals surface area contributed by atoms with Crippen molar-refractivity contribution in [2.45, 2.75) is 38.3 Å². The second-order valence-corrected chi connectivity index (χ2v) is 8.75. The smallest absolute Gasteiger partial charge is 0.303 e. The number of imidazole rings is 1. The van der Waals surface area contributed by atoms with Crippen molar-refractivity contribution in [3.8, 4) is 0 Å². The number of hydrogen-bond donors (Lipinski definition) is 2. The van der Waals surface area contributed by atoms with Crippen LogP contribution in [-0.2, 0) is 25.6 Å². The topological polar surface area (TPSA) is 120 Å². The Labute approximate surface area is 202 Å². The van der Waals surface area contributed by atoms with E-state index in [-0.39, 0.29) is 17.6 Å². The molecule has 3 heterocycles. The fourth-order valence-electron chi connectivity index (χ4n) is 3.57. The lowest BCUT2D eigenvalue weighted by Crippen LogP contribution is -2.31. The number of aromatic nitrogens is 4. The van der Waals surface area contributed by atoms with Gasteiger partial charge in [-0.2, -0.15) is 9.97 Å². The first-order valence-corrected chi connectivity index (χ1v) is 11.2. The van der Waals surface area contributed by atoms with Gasteiger partial charge in [-0.05, 0) is 51.9 Å². The monoisotopic (exact) mass is 570 g/mol. The predicted octanol–water partition coefficient (Wildman–Crippen LogP) is 2.66. The molecule has 32 heavy (non-hydrogen) atoms. The fraction of sp³-hybridized carbons (Fsp3) is 0.350. The summed E-state index contributed by atoms with van der Waals surface area (Å²) >= 11 is 8.45. The van der Waals surface area contributed by atoms with Crippen LogP contribution in [-0.4, -0.2) is 50.7 Å². The van der Waals surface area contributed by atoms with Crippen molar-refractivity contribution in [2.24, 2.45) is 0 Å². The highest BCUT2D eigenvalue weighted by atomic mass is 127. The number of esters is 1. The van der Waals surface area contributed by atoms with Gasteiger partial charge in [0.2, 0.25) is 11.2 Å². The maximum Gasteiger partial charge on any atom is 0.303 e. The third-order valence-electron chi connectivity index (χ3n) is 4.94. The number of hydrogen-bond acceptors (Lipinski definition) is 8. The van der Waals surface area contributed by atoms with E-state index in [4.69, 9.17) is 21.1 Å². The number of carbonyl (C=O) groups excluding carboxylic acids is 2. The van der Waals surface area contributed by atoms with Crippen LogP contribution in [0.2, 0.25) is 5.28 Å². The molecule has 1 aromatic carbocycles. The van der Waals surface area contributed by atoms with Crippen LogP contribution in [0.3, 0.4) is 0 Å². The van der Waals surface area contributed by atoms with Crippen molar-refractivity contribution in [2.75, 3.05) is 12.4 Å². The van der Waals surface area contributed by atoms with Crippen molar-refractivity contribution in [1.29, 1.82) is 0 Å².